The van der Waals surface area contributed by atoms with Crippen molar-refractivity contribution in [2.45, 2.75) is 39.0 Å². The standard InChI is InChI=1S/C17H23N3O3/c1-3-11(2)15-16(22)18-14-7-5-4-6-12(14)8-20(15)17(23)19-9-13(21)10-19/h4-7,11,13,15,21H,3,8-10H2,1-2H3,(H,18,22). The van der Waals surface area contributed by atoms with Gasteiger partial charge in [-0.15, -0.1) is 0 Å². The van der Waals surface area contributed by atoms with Gasteiger partial charge in [0.1, 0.15) is 6.04 Å². The Morgan fingerprint density at radius 1 is 1.39 bits per heavy atom. The van der Waals surface area contributed by atoms with Gasteiger partial charge in [0.25, 0.3) is 0 Å². The topological polar surface area (TPSA) is 72.9 Å². The number of amides is 3. The predicted octanol–water partition coefficient (Wildman–Crippen LogP) is 1.65. The van der Waals surface area contributed by atoms with Gasteiger partial charge in [0.15, 0.2) is 0 Å². The van der Waals surface area contributed by atoms with Crippen molar-refractivity contribution < 1.29 is 14.7 Å². The maximum Gasteiger partial charge on any atom is 0.321 e. The zero-order chi connectivity index (χ0) is 16.6. The lowest BCUT2D eigenvalue weighted by atomic mass is 9.96. The number of β-amino-alcohol motifs (C(OH)–C–C–N with tert-alkyl or cyclic N) is 1. The number of para-hydroxylation sites is 1. The van der Waals surface area contributed by atoms with Crippen LogP contribution in [-0.4, -0.2) is 52.1 Å². The maximum absolute atomic E-state index is 12.8. The number of carbonyl (C=O) groups is 2. The van der Waals surface area contributed by atoms with Crippen molar-refractivity contribution in [3.8, 4) is 0 Å². The van der Waals surface area contributed by atoms with E-state index in [9.17, 15) is 14.7 Å². The van der Waals surface area contributed by atoms with E-state index in [4.69, 9.17) is 0 Å². The van der Waals surface area contributed by atoms with Crippen LogP contribution in [0.25, 0.3) is 0 Å². The predicted molar refractivity (Wildman–Crippen MR) is 86.8 cm³/mol. The van der Waals surface area contributed by atoms with E-state index in [1.807, 2.05) is 38.1 Å². The largest absolute Gasteiger partial charge is 0.389 e. The molecule has 1 fully saturated rings. The number of nitrogens with one attached hydrogen (secondary N) is 1. The summed E-state index contributed by atoms with van der Waals surface area (Å²) in [7, 11) is 0. The van der Waals surface area contributed by atoms with Crippen LogP contribution in [0.15, 0.2) is 24.3 Å². The number of anilines is 1. The third-order valence-corrected chi connectivity index (χ3v) is 4.78. The molecule has 2 atom stereocenters. The van der Waals surface area contributed by atoms with E-state index in [2.05, 4.69) is 5.32 Å². The van der Waals surface area contributed by atoms with E-state index < -0.39 is 12.1 Å². The number of benzene rings is 1. The van der Waals surface area contributed by atoms with Crippen LogP contribution in [-0.2, 0) is 11.3 Å². The first kappa shape index (κ1) is 15.8. The molecule has 1 aromatic rings. The summed E-state index contributed by atoms with van der Waals surface area (Å²) in [4.78, 5) is 28.8. The zero-order valence-electron chi connectivity index (χ0n) is 13.5. The zero-order valence-corrected chi connectivity index (χ0v) is 13.5. The normalized spacial score (nSPS) is 22.7. The lowest BCUT2D eigenvalue weighted by Gasteiger charge is -2.42. The molecular formula is C17H23N3O3. The van der Waals surface area contributed by atoms with Gasteiger partial charge in [0.2, 0.25) is 5.91 Å². The highest BCUT2D eigenvalue weighted by molar-refractivity contribution is 5.98. The molecule has 6 heteroatoms. The van der Waals surface area contributed by atoms with E-state index in [0.29, 0.717) is 19.6 Å². The van der Waals surface area contributed by atoms with Crippen LogP contribution in [0.5, 0.6) is 0 Å². The molecule has 2 aliphatic heterocycles. The lowest BCUT2D eigenvalue weighted by molar-refractivity contribution is -0.122. The van der Waals surface area contributed by atoms with Crippen molar-refractivity contribution in [1.82, 2.24) is 9.80 Å². The van der Waals surface area contributed by atoms with Gasteiger partial charge in [-0.2, -0.15) is 0 Å². The van der Waals surface area contributed by atoms with Crippen LogP contribution >= 0.6 is 0 Å². The molecule has 23 heavy (non-hydrogen) atoms. The van der Waals surface area contributed by atoms with Crippen molar-refractivity contribution in [1.29, 1.82) is 0 Å². The van der Waals surface area contributed by atoms with Gasteiger partial charge in [-0.3, -0.25) is 4.79 Å². The van der Waals surface area contributed by atoms with Gasteiger partial charge in [0, 0.05) is 5.69 Å². The summed E-state index contributed by atoms with van der Waals surface area (Å²) in [5, 5.41) is 12.4. The molecule has 124 valence electrons. The number of aliphatic hydroxyl groups excluding tert-OH is 1. The van der Waals surface area contributed by atoms with Crippen LogP contribution in [0.4, 0.5) is 10.5 Å². The van der Waals surface area contributed by atoms with Crippen molar-refractivity contribution in [3.05, 3.63) is 29.8 Å². The van der Waals surface area contributed by atoms with Crippen LogP contribution < -0.4 is 5.32 Å². The number of aliphatic hydroxyl groups is 1. The average Bonchev–Trinajstić information content (AvgIpc) is 2.66. The molecule has 3 rings (SSSR count). The van der Waals surface area contributed by atoms with E-state index >= 15 is 0 Å². The summed E-state index contributed by atoms with van der Waals surface area (Å²) >= 11 is 0. The molecule has 0 aromatic heterocycles. The Kier molecular flexibility index (Phi) is 4.26. The SMILES string of the molecule is CCC(C)C1C(=O)Nc2ccccc2CN1C(=O)N1CC(O)C1. The third-order valence-electron chi connectivity index (χ3n) is 4.78. The molecular weight excluding hydrogens is 294 g/mol. The van der Waals surface area contributed by atoms with E-state index in [1.165, 1.54) is 0 Å². The average molecular weight is 317 g/mol. The Hall–Kier alpha value is -2.08. The number of carbonyl (C=O) groups excluding carboxylic acids is 2. The van der Waals surface area contributed by atoms with Crippen molar-refractivity contribution in [3.63, 3.8) is 0 Å². The molecule has 0 bridgehead atoms. The molecule has 0 spiro atoms. The first-order chi connectivity index (χ1) is 11.0. The Labute approximate surface area is 136 Å². The van der Waals surface area contributed by atoms with Crippen LogP contribution in [0.1, 0.15) is 25.8 Å². The molecule has 0 radical (unpaired) electrons. The molecule has 1 aromatic carbocycles. The maximum atomic E-state index is 12.8. The fourth-order valence-electron chi connectivity index (χ4n) is 3.18. The van der Waals surface area contributed by atoms with Crippen molar-refractivity contribution in [2.24, 2.45) is 5.92 Å². The lowest BCUT2D eigenvalue weighted by Crippen LogP contribution is -2.60. The van der Waals surface area contributed by atoms with Gasteiger partial charge in [-0.05, 0) is 17.5 Å². The molecule has 3 amide bonds. The fraction of sp³-hybridized carbons (Fsp3) is 0.529. The number of hydrogen-bond donors (Lipinski definition) is 2. The highest BCUT2D eigenvalue weighted by atomic mass is 16.3. The van der Waals surface area contributed by atoms with E-state index in [-0.39, 0.29) is 17.9 Å². The summed E-state index contributed by atoms with van der Waals surface area (Å²) in [5.74, 6) is -0.0850. The first-order valence-corrected chi connectivity index (χ1v) is 8.13. The minimum absolute atomic E-state index is 0.0551. The number of nitrogens with zero attached hydrogens (tertiary/aromatic N) is 2. The molecule has 0 saturated carbocycles. The summed E-state index contributed by atoms with van der Waals surface area (Å²) in [6.45, 7) is 5.09. The van der Waals surface area contributed by atoms with Crippen LogP contribution in [0.2, 0.25) is 0 Å². The Balaban J connectivity index is 1.93. The second kappa shape index (κ2) is 6.20. The summed E-state index contributed by atoms with van der Waals surface area (Å²) < 4.78 is 0. The molecule has 2 aliphatic rings. The monoisotopic (exact) mass is 317 g/mol. The van der Waals surface area contributed by atoms with Gasteiger partial charge in [-0.1, -0.05) is 38.5 Å². The second-order valence-electron chi connectivity index (χ2n) is 6.45. The number of fused-ring (bicyclic) bond motifs is 1. The van der Waals surface area contributed by atoms with E-state index in [0.717, 1.165) is 17.7 Å². The van der Waals surface area contributed by atoms with Crippen LogP contribution in [0.3, 0.4) is 0 Å². The first-order valence-electron chi connectivity index (χ1n) is 8.13. The highest BCUT2D eigenvalue weighted by Gasteiger charge is 2.41. The van der Waals surface area contributed by atoms with Gasteiger partial charge in [0.05, 0.1) is 25.7 Å². The molecule has 2 heterocycles. The Morgan fingerprint density at radius 2 is 2.09 bits per heavy atom. The number of likely N-dealkylation sites (tertiary alicyclic amines) is 1. The van der Waals surface area contributed by atoms with Crippen LogP contribution in [0, 0.1) is 5.92 Å². The number of urea groups is 1. The summed E-state index contributed by atoms with van der Waals surface area (Å²) in [5.41, 5.74) is 1.70. The molecule has 2 N–H and O–H groups in total. The third kappa shape index (κ3) is 2.91. The second-order valence-corrected chi connectivity index (χ2v) is 6.45. The molecule has 0 aliphatic carbocycles. The highest BCUT2D eigenvalue weighted by Crippen LogP contribution is 2.28. The van der Waals surface area contributed by atoms with E-state index in [1.54, 1.807) is 9.80 Å². The van der Waals surface area contributed by atoms with Gasteiger partial charge in [-0.25, -0.2) is 4.79 Å². The van der Waals surface area contributed by atoms with Gasteiger partial charge < -0.3 is 20.2 Å². The van der Waals surface area contributed by atoms with Gasteiger partial charge >= 0.3 is 6.03 Å². The smallest absolute Gasteiger partial charge is 0.321 e. The molecule has 2 unspecified atom stereocenters. The van der Waals surface area contributed by atoms with Crippen molar-refractivity contribution >= 4 is 17.6 Å². The van der Waals surface area contributed by atoms with Crippen molar-refractivity contribution in [2.75, 3.05) is 18.4 Å². The summed E-state index contributed by atoms with van der Waals surface area (Å²) in [6, 6.07) is 6.90. The fourth-order valence-corrected chi connectivity index (χ4v) is 3.18. The Bertz CT molecular complexity index is 613. The number of hydrogen-bond acceptors (Lipinski definition) is 3. The quantitative estimate of drug-likeness (QED) is 0.871. The molecule has 6 nitrogen and oxygen atoms in total. The number of rotatable bonds is 2. The summed E-state index contributed by atoms with van der Waals surface area (Å²) in [6.07, 6.45) is 0.356. The minimum atomic E-state index is -0.502. The molecule has 1 saturated heterocycles. The Morgan fingerprint density at radius 3 is 2.74 bits per heavy atom. The minimum Gasteiger partial charge on any atom is -0.389 e.